The van der Waals surface area contributed by atoms with Crippen molar-refractivity contribution in [3.05, 3.63) is 198 Å². The zero-order valence-electron chi connectivity index (χ0n) is 32.5. The maximum Gasteiger partial charge on any atom is 0.235 e. The third-order valence-electron chi connectivity index (χ3n) is 12.3. The summed E-state index contributed by atoms with van der Waals surface area (Å²) in [5.41, 5.74) is 10.7. The van der Waals surface area contributed by atoms with Gasteiger partial charge in [-0.1, -0.05) is 140 Å². The highest BCUT2D eigenvalue weighted by Crippen LogP contribution is 2.44. The summed E-state index contributed by atoms with van der Waals surface area (Å²) in [6.07, 6.45) is -0.454. The van der Waals surface area contributed by atoms with Crippen molar-refractivity contribution in [3.63, 3.8) is 0 Å². The molecule has 8 aromatic carbocycles. The van der Waals surface area contributed by atoms with Crippen LogP contribution in [0.3, 0.4) is 0 Å². The van der Waals surface area contributed by atoms with E-state index in [1.54, 1.807) is 0 Å². The lowest BCUT2D eigenvalue weighted by atomic mass is 10.0. The molecule has 13 rings (SSSR count). The molecule has 12 aromatic rings. The van der Waals surface area contributed by atoms with Gasteiger partial charge < -0.3 is 13.9 Å². The topological polar surface area (TPSA) is 64.4 Å². The van der Waals surface area contributed by atoms with Crippen LogP contribution in [0, 0.1) is 0 Å². The molecule has 5 heterocycles. The first-order valence-corrected chi connectivity index (χ1v) is 20.3. The molecule has 1 atom stereocenters. The number of para-hydroxylation sites is 4. The Morgan fingerprint density at radius 1 is 0.500 bits per heavy atom. The number of fused-ring (bicyclic) bond motifs is 12. The number of hydrogen-bond acceptors (Lipinski definition) is 5. The van der Waals surface area contributed by atoms with Crippen LogP contribution in [0.4, 0.5) is 0 Å². The number of aromatic nitrogens is 4. The minimum absolute atomic E-state index is 0.454. The van der Waals surface area contributed by atoms with Crippen LogP contribution >= 0.6 is 0 Å². The van der Waals surface area contributed by atoms with Gasteiger partial charge in [-0.25, -0.2) is 15.0 Å². The standard InChI is InChI=1S/C53H34N6O/c1-57-50(35-28-27-32-15-5-6-18-34(32)31-35)48-39-22-10-14-26-45(39)60-51(48)56-53(57)59-42-25-13-9-21-38(42)47-44(59)30-29-43-46(47)37-20-8-12-24-41(37)58(43)52-54-40-23-11-7-19-36(40)49(55-52)33-16-3-2-4-17-33/h2-31,53H,1H3. The van der Waals surface area contributed by atoms with Gasteiger partial charge in [0.05, 0.1) is 44.2 Å². The maximum absolute atomic E-state index is 6.64. The van der Waals surface area contributed by atoms with E-state index in [2.05, 4.69) is 179 Å². The van der Waals surface area contributed by atoms with Gasteiger partial charge in [0.25, 0.3) is 0 Å². The molecule has 282 valence electrons. The van der Waals surface area contributed by atoms with Gasteiger partial charge in [-0.15, -0.1) is 0 Å². The Labute approximate surface area is 343 Å². The molecular weight excluding hydrogens is 737 g/mol. The van der Waals surface area contributed by atoms with E-state index in [9.17, 15) is 0 Å². The van der Waals surface area contributed by atoms with E-state index in [4.69, 9.17) is 19.4 Å². The van der Waals surface area contributed by atoms with Crippen LogP contribution in [0.25, 0.3) is 99.2 Å². The quantitative estimate of drug-likeness (QED) is 0.179. The first kappa shape index (κ1) is 33.0. The Kier molecular flexibility index (Phi) is 6.86. The zero-order valence-corrected chi connectivity index (χ0v) is 32.5. The summed E-state index contributed by atoms with van der Waals surface area (Å²) in [4.78, 5) is 18.4. The Hall–Kier alpha value is -8.03. The minimum atomic E-state index is -0.454. The average molecular weight is 771 g/mol. The number of hydrogen-bond donors (Lipinski definition) is 0. The molecule has 0 amide bonds. The molecule has 1 unspecified atom stereocenters. The van der Waals surface area contributed by atoms with Gasteiger partial charge in [0.2, 0.25) is 17.8 Å². The second-order valence-corrected chi connectivity index (χ2v) is 15.6. The van der Waals surface area contributed by atoms with E-state index in [1.165, 1.54) is 10.8 Å². The third-order valence-corrected chi connectivity index (χ3v) is 12.3. The van der Waals surface area contributed by atoms with Crippen molar-refractivity contribution in [2.24, 2.45) is 4.99 Å². The lowest BCUT2D eigenvalue weighted by Crippen LogP contribution is -2.41. The van der Waals surface area contributed by atoms with E-state index >= 15 is 0 Å². The van der Waals surface area contributed by atoms with Crippen LogP contribution in [0.15, 0.2) is 191 Å². The molecule has 0 saturated heterocycles. The fraction of sp³-hybridized carbons (Fsp3) is 0.0377. The smallest absolute Gasteiger partial charge is 0.235 e. The summed E-state index contributed by atoms with van der Waals surface area (Å²) >= 11 is 0. The molecule has 0 fully saturated rings. The molecule has 7 heteroatoms. The molecule has 0 N–H and O–H groups in total. The highest BCUT2D eigenvalue weighted by molar-refractivity contribution is 6.28. The molecule has 0 aliphatic carbocycles. The predicted octanol–water partition coefficient (Wildman–Crippen LogP) is 11.3. The van der Waals surface area contributed by atoms with Gasteiger partial charge >= 0.3 is 0 Å². The van der Waals surface area contributed by atoms with E-state index < -0.39 is 6.29 Å². The van der Waals surface area contributed by atoms with Crippen molar-refractivity contribution in [2.75, 3.05) is 7.05 Å². The molecule has 0 saturated carbocycles. The zero-order chi connectivity index (χ0) is 39.5. The van der Waals surface area contributed by atoms with Gasteiger partial charge in [0.15, 0.2) is 0 Å². The molecule has 0 spiro atoms. The van der Waals surface area contributed by atoms with E-state index in [0.29, 0.717) is 11.5 Å². The number of rotatable bonds is 4. The van der Waals surface area contributed by atoms with Gasteiger partial charge in [0.1, 0.15) is 5.58 Å². The molecule has 7 nitrogen and oxygen atoms in total. The monoisotopic (exact) mass is 770 g/mol. The van der Waals surface area contributed by atoms with Gasteiger partial charge in [-0.05, 0) is 58.8 Å². The van der Waals surface area contributed by atoms with Gasteiger partial charge in [-0.3, -0.25) is 4.57 Å². The lowest BCUT2D eigenvalue weighted by Gasteiger charge is -2.33. The van der Waals surface area contributed by atoms with Crippen LogP contribution in [-0.4, -0.2) is 31.0 Å². The summed E-state index contributed by atoms with van der Waals surface area (Å²) in [6.45, 7) is 0. The van der Waals surface area contributed by atoms with Crippen molar-refractivity contribution in [2.45, 2.75) is 6.29 Å². The molecule has 4 aromatic heterocycles. The lowest BCUT2D eigenvalue weighted by molar-refractivity contribution is 0.260. The molecule has 1 aliphatic heterocycles. The van der Waals surface area contributed by atoms with E-state index in [0.717, 1.165) is 93.2 Å². The highest BCUT2D eigenvalue weighted by Gasteiger charge is 2.31. The van der Waals surface area contributed by atoms with Crippen molar-refractivity contribution in [1.29, 1.82) is 0 Å². The predicted molar refractivity (Wildman–Crippen MR) is 243 cm³/mol. The number of furan rings is 1. The summed E-state index contributed by atoms with van der Waals surface area (Å²) in [7, 11) is 2.16. The van der Waals surface area contributed by atoms with Crippen LogP contribution in [0.2, 0.25) is 0 Å². The van der Waals surface area contributed by atoms with Crippen LogP contribution in [0.5, 0.6) is 0 Å². The first-order chi connectivity index (χ1) is 29.7. The van der Waals surface area contributed by atoms with Crippen LogP contribution in [0.1, 0.15) is 11.9 Å². The van der Waals surface area contributed by atoms with Crippen molar-refractivity contribution >= 4 is 82.0 Å². The second kappa shape index (κ2) is 12.5. The fourth-order valence-electron chi connectivity index (χ4n) is 9.74. The summed E-state index contributed by atoms with van der Waals surface area (Å²) < 4.78 is 11.3. The Morgan fingerprint density at radius 2 is 1.15 bits per heavy atom. The molecule has 0 bridgehead atoms. The van der Waals surface area contributed by atoms with Crippen molar-refractivity contribution < 1.29 is 4.42 Å². The molecule has 0 radical (unpaired) electrons. The molecule has 60 heavy (non-hydrogen) atoms. The average Bonchev–Trinajstić information content (AvgIpc) is 3.96. The minimum Gasteiger partial charge on any atom is -0.438 e. The fourth-order valence-corrected chi connectivity index (χ4v) is 9.74. The van der Waals surface area contributed by atoms with E-state index in [-0.39, 0.29) is 0 Å². The summed E-state index contributed by atoms with van der Waals surface area (Å²) in [5.74, 6) is 0.635. The highest BCUT2D eigenvalue weighted by atomic mass is 16.3. The van der Waals surface area contributed by atoms with E-state index in [1.807, 2.05) is 24.3 Å². The van der Waals surface area contributed by atoms with Crippen LogP contribution < -0.4 is 10.8 Å². The maximum atomic E-state index is 6.64. The van der Waals surface area contributed by atoms with Gasteiger partial charge in [-0.2, -0.15) is 0 Å². The molecule has 1 aliphatic rings. The largest absolute Gasteiger partial charge is 0.438 e. The van der Waals surface area contributed by atoms with Crippen LogP contribution in [-0.2, 0) is 0 Å². The number of benzene rings is 8. The Morgan fingerprint density at radius 3 is 2.00 bits per heavy atom. The number of nitrogens with zero attached hydrogens (tertiary/aromatic N) is 6. The normalized spacial score (nSPS) is 14.3. The second-order valence-electron chi connectivity index (χ2n) is 15.6. The third kappa shape index (κ3) is 4.62. The Bertz CT molecular complexity index is 3880. The SMILES string of the molecule is CN1C(c2ccc3ccccc3c2)=c2c(oc3ccccc23)=NC1n1c2ccccc2c2c3c4ccccc4n(-c4nc(-c5ccccc5)c5ccccc5n4)c3ccc21. The van der Waals surface area contributed by atoms with Crippen molar-refractivity contribution in [3.8, 4) is 17.2 Å². The van der Waals surface area contributed by atoms with Crippen molar-refractivity contribution in [1.82, 2.24) is 24.0 Å². The summed E-state index contributed by atoms with van der Waals surface area (Å²) in [6, 6.07) is 64.0. The van der Waals surface area contributed by atoms with Gasteiger partial charge in [0, 0.05) is 44.9 Å². The first-order valence-electron chi connectivity index (χ1n) is 20.3. The summed E-state index contributed by atoms with van der Waals surface area (Å²) in [5, 5.41) is 10.1. The Balaban J connectivity index is 1.10. The molecular formula is C53H34N6O.